The highest BCUT2D eigenvalue weighted by Gasteiger charge is 2.34. The minimum Gasteiger partial charge on any atom is -0.481 e. The molecule has 0 spiro atoms. The fourth-order valence-electron chi connectivity index (χ4n) is 3.03. The molecule has 2 fully saturated rings. The van der Waals surface area contributed by atoms with E-state index >= 15 is 0 Å². The Morgan fingerprint density at radius 2 is 2.00 bits per heavy atom. The van der Waals surface area contributed by atoms with Crippen molar-refractivity contribution in [2.45, 2.75) is 25.7 Å². The number of nitrogens with zero attached hydrogens (tertiary/aromatic N) is 1. The number of carbonyl (C=O) groups excluding carboxylic acids is 1. The van der Waals surface area contributed by atoms with Crippen LogP contribution in [0.5, 0.6) is 0 Å². The minimum atomic E-state index is -0.761. The highest BCUT2D eigenvalue weighted by molar-refractivity contribution is 5.80. The van der Waals surface area contributed by atoms with Crippen molar-refractivity contribution < 1.29 is 14.7 Å². The molecule has 0 aromatic heterocycles. The van der Waals surface area contributed by atoms with Crippen molar-refractivity contribution in [3.05, 3.63) is 0 Å². The molecule has 3 atom stereocenters. The number of amides is 1. The average molecular weight is 254 g/mol. The van der Waals surface area contributed by atoms with Crippen LogP contribution in [0.4, 0.5) is 0 Å². The topological polar surface area (TPSA) is 69.6 Å². The van der Waals surface area contributed by atoms with Gasteiger partial charge in [0.15, 0.2) is 0 Å². The van der Waals surface area contributed by atoms with Crippen molar-refractivity contribution in [2.24, 2.45) is 17.8 Å². The van der Waals surface area contributed by atoms with Crippen LogP contribution in [-0.2, 0) is 9.59 Å². The lowest BCUT2D eigenvalue weighted by Crippen LogP contribution is -2.34. The monoisotopic (exact) mass is 254 g/mol. The van der Waals surface area contributed by atoms with Crippen LogP contribution in [0, 0.1) is 17.8 Å². The van der Waals surface area contributed by atoms with Crippen molar-refractivity contribution in [1.29, 1.82) is 0 Å². The van der Waals surface area contributed by atoms with E-state index in [4.69, 9.17) is 5.11 Å². The van der Waals surface area contributed by atoms with Gasteiger partial charge in [-0.05, 0) is 45.2 Å². The smallest absolute Gasteiger partial charge is 0.306 e. The van der Waals surface area contributed by atoms with Gasteiger partial charge in [-0.15, -0.1) is 0 Å². The molecule has 102 valence electrons. The molecule has 2 aliphatic rings. The van der Waals surface area contributed by atoms with Crippen LogP contribution < -0.4 is 5.32 Å². The predicted octanol–water partition coefficient (Wildman–Crippen LogP) is 0.555. The van der Waals surface area contributed by atoms with Gasteiger partial charge in [0, 0.05) is 19.0 Å². The molecule has 18 heavy (non-hydrogen) atoms. The Balaban J connectivity index is 1.71. The average Bonchev–Trinajstić information content (AvgIpc) is 2.94. The zero-order valence-electron chi connectivity index (χ0n) is 10.9. The molecular weight excluding hydrogens is 232 g/mol. The number of hydrogen-bond donors (Lipinski definition) is 2. The molecule has 1 aliphatic heterocycles. The van der Waals surface area contributed by atoms with Crippen LogP contribution in [0.3, 0.4) is 0 Å². The first-order chi connectivity index (χ1) is 8.56. The van der Waals surface area contributed by atoms with Crippen molar-refractivity contribution in [3.8, 4) is 0 Å². The van der Waals surface area contributed by atoms with E-state index in [0.29, 0.717) is 25.2 Å². The van der Waals surface area contributed by atoms with E-state index in [1.807, 2.05) is 0 Å². The van der Waals surface area contributed by atoms with E-state index in [2.05, 4.69) is 17.3 Å². The van der Waals surface area contributed by atoms with Gasteiger partial charge < -0.3 is 15.3 Å². The molecular formula is C13H22N2O3. The number of rotatable bonds is 4. The largest absolute Gasteiger partial charge is 0.481 e. The zero-order valence-corrected chi connectivity index (χ0v) is 10.9. The summed E-state index contributed by atoms with van der Waals surface area (Å²) in [6, 6.07) is 0. The van der Waals surface area contributed by atoms with E-state index < -0.39 is 5.97 Å². The summed E-state index contributed by atoms with van der Waals surface area (Å²) in [4.78, 5) is 25.0. The lowest BCUT2D eigenvalue weighted by atomic mass is 10.0. The van der Waals surface area contributed by atoms with Crippen LogP contribution in [-0.4, -0.2) is 48.6 Å². The third-order valence-electron chi connectivity index (χ3n) is 4.21. The Bertz CT molecular complexity index is 332. The quantitative estimate of drug-likeness (QED) is 0.769. The van der Waals surface area contributed by atoms with E-state index in [1.165, 1.54) is 0 Å². The second kappa shape index (κ2) is 5.69. The molecule has 1 amide bonds. The van der Waals surface area contributed by atoms with Crippen LogP contribution >= 0.6 is 0 Å². The molecule has 1 aliphatic carbocycles. The number of carboxylic acid groups (broad SMARTS) is 1. The van der Waals surface area contributed by atoms with E-state index in [0.717, 1.165) is 26.1 Å². The fraction of sp³-hybridized carbons (Fsp3) is 0.846. The maximum atomic E-state index is 11.9. The summed E-state index contributed by atoms with van der Waals surface area (Å²) in [5.74, 6) is -0.574. The van der Waals surface area contributed by atoms with Gasteiger partial charge in [-0.25, -0.2) is 0 Å². The highest BCUT2D eigenvalue weighted by atomic mass is 16.4. The third kappa shape index (κ3) is 3.22. The van der Waals surface area contributed by atoms with E-state index in [-0.39, 0.29) is 17.7 Å². The van der Waals surface area contributed by atoms with Gasteiger partial charge in [0.2, 0.25) is 5.91 Å². The molecule has 2 rings (SSSR count). The number of aliphatic carboxylic acids is 1. The van der Waals surface area contributed by atoms with Crippen molar-refractivity contribution in [2.75, 3.05) is 26.7 Å². The fourth-order valence-corrected chi connectivity index (χ4v) is 3.03. The number of nitrogens with one attached hydrogen (secondary N) is 1. The molecule has 5 nitrogen and oxygen atoms in total. The third-order valence-corrected chi connectivity index (χ3v) is 4.21. The van der Waals surface area contributed by atoms with Crippen molar-refractivity contribution in [3.63, 3.8) is 0 Å². The highest BCUT2D eigenvalue weighted by Crippen LogP contribution is 2.31. The second-order valence-electron chi connectivity index (χ2n) is 5.71. The molecule has 1 saturated carbocycles. The summed E-state index contributed by atoms with van der Waals surface area (Å²) in [7, 11) is 2.09. The standard InChI is InChI=1S/C13H22N2O3/c1-15-5-4-9(8-15)7-14-12(16)10-2-3-11(6-10)13(17)18/h9-11H,2-8H2,1H3,(H,14,16)(H,17,18)/t9?,10-,11+/m1/s1. The Morgan fingerprint density at radius 3 is 2.56 bits per heavy atom. The SMILES string of the molecule is CN1CCC(CNC(=O)[C@@H]2CC[C@H](C(=O)O)C2)C1. The number of likely N-dealkylation sites (tertiary alicyclic amines) is 1. The predicted molar refractivity (Wildman–Crippen MR) is 67.1 cm³/mol. The molecule has 0 radical (unpaired) electrons. The lowest BCUT2D eigenvalue weighted by molar-refractivity contribution is -0.141. The molecule has 2 N–H and O–H groups in total. The summed E-state index contributed by atoms with van der Waals surface area (Å²) in [5, 5.41) is 11.9. The van der Waals surface area contributed by atoms with Gasteiger partial charge in [-0.2, -0.15) is 0 Å². The lowest BCUT2D eigenvalue weighted by Gasteiger charge is -2.14. The Kier molecular flexibility index (Phi) is 4.22. The molecule has 0 aromatic rings. The maximum Gasteiger partial charge on any atom is 0.306 e. The second-order valence-corrected chi connectivity index (χ2v) is 5.71. The van der Waals surface area contributed by atoms with Crippen LogP contribution in [0.1, 0.15) is 25.7 Å². The number of carboxylic acids is 1. The van der Waals surface area contributed by atoms with Gasteiger partial charge in [0.25, 0.3) is 0 Å². The van der Waals surface area contributed by atoms with Crippen LogP contribution in [0.2, 0.25) is 0 Å². The molecule has 5 heteroatoms. The summed E-state index contributed by atoms with van der Waals surface area (Å²) >= 11 is 0. The first-order valence-corrected chi connectivity index (χ1v) is 6.75. The Labute approximate surface area is 108 Å². The first-order valence-electron chi connectivity index (χ1n) is 6.75. The number of hydrogen-bond acceptors (Lipinski definition) is 3. The van der Waals surface area contributed by atoms with Crippen LogP contribution in [0.25, 0.3) is 0 Å². The van der Waals surface area contributed by atoms with Gasteiger partial charge in [0.05, 0.1) is 5.92 Å². The zero-order chi connectivity index (χ0) is 13.1. The van der Waals surface area contributed by atoms with Gasteiger partial charge in [0.1, 0.15) is 0 Å². The van der Waals surface area contributed by atoms with E-state index in [9.17, 15) is 9.59 Å². The molecule has 1 unspecified atom stereocenters. The Hall–Kier alpha value is -1.10. The molecule has 1 saturated heterocycles. The van der Waals surface area contributed by atoms with Gasteiger partial charge in [-0.3, -0.25) is 9.59 Å². The first kappa shape index (κ1) is 13.3. The number of carbonyl (C=O) groups is 2. The molecule has 0 bridgehead atoms. The normalized spacial score (nSPS) is 32.6. The van der Waals surface area contributed by atoms with Gasteiger partial charge >= 0.3 is 5.97 Å². The van der Waals surface area contributed by atoms with E-state index in [1.54, 1.807) is 0 Å². The summed E-state index contributed by atoms with van der Waals surface area (Å²) in [6.07, 6.45) is 3.00. The maximum absolute atomic E-state index is 11.9. The van der Waals surface area contributed by atoms with Gasteiger partial charge in [-0.1, -0.05) is 0 Å². The van der Waals surface area contributed by atoms with Crippen molar-refractivity contribution >= 4 is 11.9 Å². The molecule has 1 heterocycles. The summed E-state index contributed by atoms with van der Waals surface area (Å²) in [6.45, 7) is 2.88. The van der Waals surface area contributed by atoms with Crippen molar-refractivity contribution in [1.82, 2.24) is 10.2 Å². The summed E-state index contributed by atoms with van der Waals surface area (Å²) in [5.41, 5.74) is 0. The Morgan fingerprint density at radius 1 is 1.28 bits per heavy atom. The van der Waals surface area contributed by atoms with Crippen LogP contribution in [0.15, 0.2) is 0 Å². The minimum absolute atomic E-state index is 0.0494. The molecule has 0 aromatic carbocycles. The summed E-state index contributed by atoms with van der Waals surface area (Å²) < 4.78 is 0.